The van der Waals surface area contributed by atoms with Crippen molar-refractivity contribution in [3.05, 3.63) is 63.1 Å². The van der Waals surface area contributed by atoms with Gasteiger partial charge in [0.2, 0.25) is 5.28 Å². The Bertz CT molecular complexity index is 1030. The van der Waals surface area contributed by atoms with E-state index in [0.29, 0.717) is 47.4 Å². The van der Waals surface area contributed by atoms with Crippen molar-refractivity contribution in [2.45, 2.75) is 58.3 Å². The second kappa shape index (κ2) is 10.4. The molecule has 0 saturated carbocycles. The van der Waals surface area contributed by atoms with Gasteiger partial charge in [0.15, 0.2) is 11.8 Å². The van der Waals surface area contributed by atoms with E-state index in [-0.39, 0.29) is 12.7 Å². The summed E-state index contributed by atoms with van der Waals surface area (Å²) in [5.41, 5.74) is 3.15. The predicted octanol–water partition coefficient (Wildman–Crippen LogP) is 4.64. The molecule has 0 radical (unpaired) electrons. The van der Waals surface area contributed by atoms with Gasteiger partial charge in [-0.3, -0.25) is 4.98 Å². The molecule has 1 fully saturated rings. The van der Waals surface area contributed by atoms with Crippen molar-refractivity contribution in [1.82, 2.24) is 9.99 Å². The highest BCUT2D eigenvalue weighted by Crippen LogP contribution is 2.41. The Labute approximate surface area is 197 Å². The van der Waals surface area contributed by atoms with Crippen molar-refractivity contribution in [2.75, 3.05) is 13.2 Å². The van der Waals surface area contributed by atoms with Gasteiger partial charge in [0.25, 0.3) is 0 Å². The minimum absolute atomic E-state index is 0.289. The van der Waals surface area contributed by atoms with E-state index in [9.17, 15) is 10.0 Å². The average Bonchev–Trinajstić information content (AvgIpc) is 3.47. The molecule has 2 aliphatic rings. The molecular weight excluding hydrogens is 448 g/mol. The molecule has 0 bridgehead atoms. The summed E-state index contributed by atoms with van der Waals surface area (Å²) in [4.78, 5) is 22.9. The van der Waals surface area contributed by atoms with E-state index in [2.05, 4.69) is 10.3 Å². The number of aryl methyl sites for hydroxylation is 1. The number of unbranched alkanes of at least 4 members (excludes halogenated alkanes) is 1. The van der Waals surface area contributed by atoms with Crippen LogP contribution in [0, 0.1) is 12.1 Å². The fourth-order valence-corrected chi connectivity index (χ4v) is 4.17. The second-order valence-corrected chi connectivity index (χ2v) is 8.55. The third-order valence-corrected chi connectivity index (χ3v) is 6.09. The zero-order valence-electron chi connectivity index (χ0n) is 18.7. The summed E-state index contributed by atoms with van der Waals surface area (Å²) < 4.78 is 11.8. The summed E-state index contributed by atoms with van der Waals surface area (Å²) in [6.45, 7) is 4.84. The van der Waals surface area contributed by atoms with Crippen molar-refractivity contribution < 1.29 is 24.1 Å². The third-order valence-electron chi connectivity index (χ3n) is 5.83. The molecule has 2 atom stereocenters. The molecule has 3 heterocycles. The van der Waals surface area contributed by atoms with Gasteiger partial charge >= 0.3 is 5.97 Å². The average molecular weight is 475 g/mol. The van der Waals surface area contributed by atoms with Gasteiger partial charge in [-0.1, -0.05) is 37.1 Å². The van der Waals surface area contributed by atoms with Gasteiger partial charge in [0.1, 0.15) is 12.7 Å². The molecular formula is C23H27ClN4O5. The fraction of sp³-hybridized carbons (Fsp3) is 0.478. The van der Waals surface area contributed by atoms with Gasteiger partial charge in [-0.15, -0.1) is 5.01 Å². The quantitative estimate of drug-likeness (QED) is 0.180. The van der Waals surface area contributed by atoms with Crippen LogP contribution in [0.3, 0.4) is 0 Å². The molecule has 0 N–H and O–H groups in total. The van der Waals surface area contributed by atoms with Crippen molar-refractivity contribution >= 4 is 17.6 Å². The van der Waals surface area contributed by atoms with Crippen LogP contribution >= 0.6 is 11.6 Å². The minimum Gasteiger partial charge on any atom is -0.569 e. The highest BCUT2D eigenvalue weighted by Gasteiger charge is 2.40. The number of carbonyl (C=O) groups excluding carboxylic acids is 1. The lowest BCUT2D eigenvalue weighted by atomic mass is 10.0. The van der Waals surface area contributed by atoms with E-state index in [0.717, 1.165) is 29.5 Å². The first kappa shape index (κ1) is 23.3. The van der Waals surface area contributed by atoms with Gasteiger partial charge in [0.05, 0.1) is 23.8 Å². The maximum Gasteiger partial charge on any atom is 0.340 e. The Morgan fingerprint density at radius 2 is 2.18 bits per heavy atom. The molecule has 176 valence electrons. The molecule has 1 saturated heterocycles. The molecule has 0 amide bonds. The van der Waals surface area contributed by atoms with Crippen molar-refractivity contribution in [3.8, 4) is 5.75 Å². The molecule has 10 heteroatoms. The first-order valence-corrected chi connectivity index (χ1v) is 11.5. The first-order chi connectivity index (χ1) is 16.0. The molecule has 0 spiro atoms. The number of nitrogens with zero attached hydrogens (tertiary/aromatic N) is 4. The molecule has 0 unspecified atom stereocenters. The number of aromatic nitrogens is 1. The van der Waals surface area contributed by atoms with Crippen LogP contribution in [0.25, 0.3) is 0 Å². The lowest BCUT2D eigenvalue weighted by Gasteiger charge is -2.20. The lowest BCUT2D eigenvalue weighted by molar-refractivity contribution is -0.712. The van der Waals surface area contributed by atoms with Crippen molar-refractivity contribution in [1.29, 1.82) is 0 Å². The maximum atomic E-state index is 13.1. The highest BCUT2D eigenvalue weighted by atomic mass is 35.5. The summed E-state index contributed by atoms with van der Waals surface area (Å²) in [7, 11) is 0. The molecule has 0 aliphatic carbocycles. The van der Waals surface area contributed by atoms with Crippen molar-refractivity contribution in [3.63, 3.8) is 0 Å². The van der Waals surface area contributed by atoms with Crippen LogP contribution in [0.15, 0.2) is 35.7 Å². The van der Waals surface area contributed by atoms with Crippen LogP contribution in [0.1, 0.15) is 61.1 Å². The minimum atomic E-state index is -0.745. The van der Waals surface area contributed by atoms with Crippen molar-refractivity contribution in [2.24, 2.45) is 5.28 Å². The number of halogens is 1. The molecule has 33 heavy (non-hydrogen) atoms. The molecule has 4 rings (SSSR count). The van der Waals surface area contributed by atoms with Crippen LogP contribution in [-0.2, 0) is 21.0 Å². The summed E-state index contributed by atoms with van der Waals surface area (Å²) in [6, 6.07) is 6.67. The number of hydrazine groups is 1. The number of hydrogen-bond acceptors (Lipinski definition) is 7. The smallest absolute Gasteiger partial charge is 0.340 e. The maximum absolute atomic E-state index is 13.1. The molecule has 2 aromatic rings. The Morgan fingerprint density at radius 1 is 1.39 bits per heavy atom. The number of hydrogen-bond donors (Lipinski definition) is 0. The van der Waals surface area contributed by atoms with E-state index in [1.54, 1.807) is 25.3 Å². The van der Waals surface area contributed by atoms with Gasteiger partial charge in [-0.05, 0) is 43.9 Å². The fourth-order valence-electron chi connectivity index (χ4n) is 4.04. The number of fused-ring (bicyclic) bond motifs is 1. The van der Waals surface area contributed by atoms with E-state index >= 15 is 0 Å². The first-order valence-electron chi connectivity index (χ1n) is 11.1. The van der Waals surface area contributed by atoms with Crippen LogP contribution < -0.4 is 4.74 Å². The zero-order valence-corrected chi connectivity index (χ0v) is 19.5. The number of esters is 1. The van der Waals surface area contributed by atoms with Gasteiger partial charge in [-0.2, -0.15) is 0 Å². The Balaban J connectivity index is 1.51. The topological polar surface area (TPSA) is 99.3 Å². The second-order valence-electron chi connectivity index (χ2n) is 8.11. The third kappa shape index (κ3) is 5.04. The van der Waals surface area contributed by atoms with E-state index in [4.69, 9.17) is 25.9 Å². The Morgan fingerprint density at radius 3 is 2.94 bits per heavy atom. The van der Waals surface area contributed by atoms with Crippen LogP contribution in [0.2, 0.25) is 5.02 Å². The Hall–Kier alpha value is -2.91. The van der Waals surface area contributed by atoms with Gasteiger partial charge in [-0.25, -0.2) is 4.79 Å². The summed E-state index contributed by atoms with van der Waals surface area (Å²) >= 11 is 6.01. The number of rotatable bonds is 8. The monoisotopic (exact) mass is 474 g/mol. The predicted molar refractivity (Wildman–Crippen MR) is 119 cm³/mol. The zero-order chi connectivity index (χ0) is 23.4. The summed E-state index contributed by atoms with van der Waals surface area (Å²) in [5, 5.41) is 17.9. The molecule has 9 nitrogen and oxygen atoms in total. The van der Waals surface area contributed by atoms with Crippen LogP contribution in [-0.4, -0.2) is 40.1 Å². The van der Waals surface area contributed by atoms with Gasteiger partial charge < -0.3 is 19.5 Å². The van der Waals surface area contributed by atoms with E-state index in [1.165, 1.54) is 5.01 Å². The number of benzene rings is 1. The lowest BCUT2D eigenvalue weighted by Crippen LogP contribution is -2.42. The van der Waals surface area contributed by atoms with E-state index in [1.807, 2.05) is 19.1 Å². The highest BCUT2D eigenvalue weighted by molar-refractivity contribution is 6.30. The summed E-state index contributed by atoms with van der Waals surface area (Å²) in [5.74, 6) is -0.139. The molecule has 2 aliphatic heterocycles. The largest absolute Gasteiger partial charge is 0.569 e. The number of carbonyl (C=O) groups is 1. The molecule has 1 aromatic carbocycles. The van der Waals surface area contributed by atoms with Crippen LogP contribution in [0.5, 0.6) is 5.75 Å². The number of ether oxygens (including phenoxy) is 2. The van der Waals surface area contributed by atoms with Gasteiger partial charge in [0, 0.05) is 22.3 Å². The normalized spacial score (nSPS) is 20.1. The summed E-state index contributed by atoms with van der Waals surface area (Å²) in [6.07, 6.45) is 4.34. The SMILES string of the molecule is CCCCO/N=[N+](\[O-])N1CCC[C@H]1C(=O)Oc1c(C)ncc2c1CO[C@H]2c1ccc(Cl)cc1. The van der Waals surface area contributed by atoms with Crippen LogP contribution in [0.4, 0.5) is 0 Å². The van der Waals surface area contributed by atoms with E-state index < -0.39 is 12.0 Å². The Kier molecular flexibility index (Phi) is 7.29. The number of pyridine rings is 1. The molecule has 1 aromatic heterocycles. The standard InChI is InChI=1S/C23H27ClN4O5/c1-3-4-12-32-26-28(30)27-11-5-6-20(27)23(29)33-21-15(2)25-13-18-19(21)14-31-22(18)16-7-9-17(24)10-8-16/h7-10,13,20,22H,3-6,11-12,14H2,1-2H3/b28-26-/t20-,22-/m0/s1.